The molecule has 2 aromatic carbocycles. The van der Waals surface area contributed by atoms with Crippen molar-refractivity contribution >= 4 is 29.2 Å². The average Bonchev–Trinajstić information content (AvgIpc) is 3.28. The van der Waals surface area contributed by atoms with Crippen LogP contribution in [-0.2, 0) is 13.0 Å². The quantitative estimate of drug-likeness (QED) is 0.405. The maximum atomic E-state index is 12.0. The van der Waals surface area contributed by atoms with Gasteiger partial charge in [0.25, 0.3) is 5.91 Å². The largest absolute Gasteiger partial charge is 0.459 e. The summed E-state index contributed by atoms with van der Waals surface area (Å²) in [6.07, 6.45) is 2.35. The van der Waals surface area contributed by atoms with Crippen LogP contribution in [0, 0.1) is 0 Å². The first-order valence-corrected chi connectivity index (χ1v) is 9.64. The van der Waals surface area contributed by atoms with Crippen molar-refractivity contribution in [1.29, 1.82) is 0 Å². The van der Waals surface area contributed by atoms with Crippen molar-refractivity contribution in [3.05, 3.63) is 88.8 Å². The topological polar surface area (TPSA) is 78.7 Å². The molecule has 0 spiro atoms. The number of anilines is 1. The predicted molar refractivity (Wildman–Crippen MR) is 116 cm³/mol. The number of aliphatic imine (C=N–C) groups is 1. The number of furan rings is 1. The summed E-state index contributed by atoms with van der Waals surface area (Å²) in [5.74, 6) is 0.740. The molecule has 0 aliphatic rings. The number of hydrogen-bond acceptors (Lipinski definition) is 3. The van der Waals surface area contributed by atoms with Crippen molar-refractivity contribution in [2.45, 2.75) is 13.0 Å². The van der Waals surface area contributed by atoms with Crippen molar-refractivity contribution in [2.75, 3.05) is 18.9 Å². The summed E-state index contributed by atoms with van der Waals surface area (Å²) in [7, 11) is 1.74. The van der Waals surface area contributed by atoms with Crippen LogP contribution in [0.1, 0.15) is 21.7 Å². The lowest BCUT2D eigenvalue weighted by Gasteiger charge is -2.12. The van der Waals surface area contributed by atoms with E-state index in [1.807, 2.05) is 48.5 Å². The molecule has 6 nitrogen and oxygen atoms in total. The molecule has 150 valence electrons. The van der Waals surface area contributed by atoms with Crippen LogP contribution in [0.4, 0.5) is 5.69 Å². The average molecular weight is 411 g/mol. The van der Waals surface area contributed by atoms with Crippen LogP contribution < -0.4 is 16.0 Å². The fourth-order valence-electron chi connectivity index (χ4n) is 2.69. The van der Waals surface area contributed by atoms with E-state index in [1.54, 1.807) is 19.2 Å². The van der Waals surface area contributed by atoms with Crippen molar-refractivity contribution in [3.8, 4) is 0 Å². The molecule has 1 heterocycles. The number of carbonyl (C=O) groups is 1. The van der Waals surface area contributed by atoms with Gasteiger partial charge in [0, 0.05) is 30.8 Å². The molecule has 7 heteroatoms. The van der Waals surface area contributed by atoms with Crippen LogP contribution in [0.5, 0.6) is 0 Å². The Morgan fingerprint density at radius 3 is 2.38 bits per heavy atom. The number of nitrogens with one attached hydrogen (secondary N) is 3. The highest BCUT2D eigenvalue weighted by molar-refractivity contribution is 6.30. The second kappa shape index (κ2) is 10.3. The van der Waals surface area contributed by atoms with Crippen LogP contribution >= 0.6 is 11.6 Å². The number of halogens is 1. The van der Waals surface area contributed by atoms with E-state index in [1.165, 1.54) is 11.8 Å². The summed E-state index contributed by atoms with van der Waals surface area (Å²) in [6.45, 7) is 1.38. The molecule has 0 bridgehead atoms. The van der Waals surface area contributed by atoms with Gasteiger partial charge in [-0.15, -0.1) is 0 Å². The van der Waals surface area contributed by atoms with Crippen LogP contribution in [0.3, 0.4) is 0 Å². The number of guanidine groups is 1. The zero-order chi connectivity index (χ0) is 20.5. The third-order valence-corrected chi connectivity index (χ3v) is 4.51. The normalized spacial score (nSPS) is 11.2. The van der Waals surface area contributed by atoms with Crippen LogP contribution in [0.2, 0.25) is 5.02 Å². The van der Waals surface area contributed by atoms with Gasteiger partial charge in [-0.1, -0.05) is 35.9 Å². The second-order valence-corrected chi connectivity index (χ2v) is 6.79. The number of rotatable bonds is 7. The molecule has 0 aliphatic heterocycles. The molecule has 0 saturated carbocycles. The van der Waals surface area contributed by atoms with Gasteiger partial charge >= 0.3 is 0 Å². The van der Waals surface area contributed by atoms with Gasteiger partial charge in [-0.3, -0.25) is 9.79 Å². The molecular formula is C22H23ClN4O2. The maximum Gasteiger partial charge on any atom is 0.291 e. The molecule has 29 heavy (non-hydrogen) atoms. The summed E-state index contributed by atoms with van der Waals surface area (Å²) in [5.41, 5.74) is 2.99. The van der Waals surface area contributed by atoms with Crippen LogP contribution in [0.15, 0.2) is 76.3 Å². The molecule has 1 aromatic heterocycles. The third kappa shape index (κ3) is 6.40. The Labute approximate surface area is 175 Å². The molecule has 0 aliphatic carbocycles. The summed E-state index contributed by atoms with van der Waals surface area (Å²) < 4.78 is 5.09. The molecular weight excluding hydrogens is 388 g/mol. The first-order chi connectivity index (χ1) is 14.1. The maximum absolute atomic E-state index is 12.0. The Hall–Kier alpha value is -3.25. The molecule has 0 radical (unpaired) electrons. The lowest BCUT2D eigenvalue weighted by Crippen LogP contribution is -2.37. The molecule has 1 amide bonds. The van der Waals surface area contributed by atoms with Gasteiger partial charge in [-0.2, -0.15) is 0 Å². The van der Waals surface area contributed by atoms with Crippen molar-refractivity contribution in [1.82, 2.24) is 10.6 Å². The minimum Gasteiger partial charge on any atom is -0.459 e. The predicted octanol–water partition coefficient (Wildman–Crippen LogP) is 4.09. The van der Waals surface area contributed by atoms with E-state index in [2.05, 4.69) is 20.9 Å². The molecule has 0 fully saturated rings. The van der Waals surface area contributed by atoms with Crippen molar-refractivity contribution in [3.63, 3.8) is 0 Å². The lowest BCUT2D eigenvalue weighted by molar-refractivity contribution is 0.0996. The first-order valence-electron chi connectivity index (χ1n) is 9.27. The molecule has 0 saturated heterocycles. The molecule has 3 rings (SSSR count). The van der Waals surface area contributed by atoms with Gasteiger partial charge < -0.3 is 20.4 Å². The smallest absolute Gasteiger partial charge is 0.291 e. The molecule has 0 atom stereocenters. The second-order valence-electron chi connectivity index (χ2n) is 6.36. The van der Waals surface area contributed by atoms with Gasteiger partial charge in [-0.25, -0.2) is 0 Å². The Morgan fingerprint density at radius 2 is 1.72 bits per heavy atom. The van der Waals surface area contributed by atoms with E-state index < -0.39 is 0 Å². The Balaban J connectivity index is 1.43. The highest BCUT2D eigenvalue weighted by atomic mass is 35.5. The number of amides is 1. The highest BCUT2D eigenvalue weighted by Gasteiger charge is 2.08. The Morgan fingerprint density at radius 1 is 1.00 bits per heavy atom. The van der Waals surface area contributed by atoms with E-state index >= 15 is 0 Å². The van der Waals surface area contributed by atoms with Gasteiger partial charge in [-0.05, 0) is 53.9 Å². The van der Waals surface area contributed by atoms with Gasteiger partial charge in [0.05, 0.1) is 6.26 Å². The fraction of sp³-hybridized carbons (Fsp3) is 0.182. The number of benzene rings is 2. The van der Waals surface area contributed by atoms with Crippen LogP contribution in [0.25, 0.3) is 0 Å². The minimum atomic E-state index is -0.272. The number of hydrogen-bond donors (Lipinski definition) is 3. The van der Waals surface area contributed by atoms with E-state index in [9.17, 15) is 4.79 Å². The van der Waals surface area contributed by atoms with E-state index in [4.69, 9.17) is 16.0 Å². The van der Waals surface area contributed by atoms with Gasteiger partial charge in [0.2, 0.25) is 0 Å². The fourth-order valence-corrected chi connectivity index (χ4v) is 2.82. The lowest BCUT2D eigenvalue weighted by atomic mass is 10.1. The van der Waals surface area contributed by atoms with Crippen LogP contribution in [-0.4, -0.2) is 25.5 Å². The zero-order valence-corrected chi connectivity index (χ0v) is 16.9. The molecule has 0 unspecified atom stereocenters. The van der Waals surface area contributed by atoms with E-state index in [0.717, 1.165) is 29.5 Å². The standard InChI is InChI=1S/C22H23ClN4O2/c1-24-22(25-13-12-16-4-8-18(23)9-5-16)26-15-17-6-10-19(11-7-17)27-21(28)20-3-2-14-29-20/h2-11,14H,12-13,15H2,1H3,(H,27,28)(H2,24,25,26). The SMILES string of the molecule is CN=C(NCCc1ccc(Cl)cc1)NCc1ccc(NC(=O)c2ccco2)cc1. The molecule has 3 N–H and O–H groups in total. The summed E-state index contributed by atoms with van der Waals surface area (Å²) in [6, 6.07) is 18.7. The summed E-state index contributed by atoms with van der Waals surface area (Å²) >= 11 is 5.91. The van der Waals surface area contributed by atoms with Crippen molar-refractivity contribution in [2.24, 2.45) is 4.99 Å². The number of nitrogens with zero attached hydrogens (tertiary/aromatic N) is 1. The minimum absolute atomic E-state index is 0.272. The highest BCUT2D eigenvalue weighted by Crippen LogP contribution is 2.12. The van der Waals surface area contributed by atoms with Gasteiger partial charge in [0.1, 0.15) is 0 Å². The Kier molecular flexibility index (Phi) is 7.30. The summed E-state index contributed by atoms with van der Waals surface area (Å²) in [4.78, 5) is 16.2. The van der Waals surface area contributed by atoms with E-state index in [0.29, 0.717) is 12.2 Å². The third-order valence-electron chi connectivity index (χ3n) is 4.26. The Bertz CT molecular complexity index is 936. The summed E-state index contributed by atoms with van der Waals surface area (Å²) in [5, 5.41) is 10.1. The van der Waals surface area contributed by atoms with Gasteiger partial charge in [0.15, 0.2) is 11.7 Å². The number of carbonyl (C=O) groups excluding carboxylic acids is 1. The molecule has 3 aromatic rings. The first kappa shape index (κ1) is 20.5. The van der Waals surface area contributed by atoms with Crippen molar-refractivity contribution < 1.29 is 9.21 Å². The zero-order valence-electron chi connectivity index (χ0n) is 16.1. The monoisotopic (exact) mass is 410 g/mol. The van der Waals surface area contributed by atoms with E-state index in [-0.39, 0.29) is 11.7 Å².